The summed E-state index contributed by atoms with van der Waals surface area (Å²) in [6.07, 6.45) is 0.923. The highest BCUT2D eigenvalue weighted by Gasteiger charge is 2.15. The first-order chi connectivity index (χ1) is 10.3. The number of rotatable bonds is 5. The zero-order valence-corrected chi connectivity index (χ0v) is 15.5. The van der Waals surface area contributed by atoms with E-state index in [0.717, 1.165) is 16.5 Å². The fourth-order valence-electron chi connectivity index (χ4n) is 2.05. The summed E-state index contributed by atoms with van der Waals surface area (Å²) in [7, 11) is -3.64. The van der Waals surface area contributed by atoms with Gasteiger partial charge >= 0.3 is 0 Å². The molecule has 2 rings (SSSR count). The molecule has 2 aromatic carbocycles. The van der Waals surface area contributed by atoms with E-state index < -0.39 is 10.0 Å². The van der Waals surface area contributed by atoms with Crippen LogP contribution in [-0.4, -0.2) is 8.42 Å². The molecule has 3 nitrogen and oxygen atoms in total. The molecule has 0 radical (unpaired) electrons. The second-order valence-electron chi connectivity index (χ2n) is 5.47. The molecule has 0 aliphatic carbocycles. The highest BCUT2D eigenvalue weighted by atomic mass is 79.9. The fourth-order valence-corrected chi connectivity index (χ4v) is 3.91. The predicted octanol–water partition coefficient (Wildman–Crippen LogP) is 5.10. The molecular weight excluding hydrogens is 386 g/mol. The first kappa shape index (κ1) is 17.3. The summed E-state index contributed by atoms with van der Waals surface area (Å²) in [5, 5.41) is 0.342. The summed E-state index contributed by atoms with van der Waals surface area (Å²) in [5.74, 6) is 0.530. The van der Waals surface area contributed by atoms with Crippen LogP contribution in [0.3, 0.4) is 0 Å². The summed E-state index contributed by atoms with van der Waals surface area (Å²) in [6, 6.07) is 11.9. The predicted molar refractivity (Wildman–Crippen MR) is 94.9 cm³/mol. The van der Waals surface area contributed by atoms with Crippen molar-refractivity contribution in [2.24, 2.45) is 5.92 Å². The van der Waals surface area contributed by atoms with E-state index in [-0.39, 0.29) is 4.90 Å². The molecule has 0 aliphatic heterocycles. The maximum Gasteiger partial charge on any atom is 0.261 e. The van der Waals surface area contributed by atoms with Crippen LogP contribution in [0.4, 0.5) is 5.69 Å². The van der Waals surface area contributed by atoms with E-state index in [1.807, 2.05) is 12.1 Å². The molecule has 6 heteroatoms. The summed E-state index contributed by atoms with van der Waals surface area (Å²) < 4.78 is 28.1. The van der Waals surface area contributed by atoms with E-state index in [4.69, 9.17) is 11.6 Å². The Morgan fingerprint density at radius 1 is 1.14 bits per heavy atom. The van der Waals surface area contributed by atoms with Crippen LogP contribution in [0, 0.1) is 5.92 Å². The van der Waals surface area contributed by atoms with Crippen LogP contribution in [0.1, 0.15) is 19.4 Å². The molecular formula is C16H17BrClNO2S. The van der Waals surface area contributed by atoms with Crippen molar-refractivity contribution in [1.29, 1.82) is 0 Å². The van der Waals surface area contributed by atoms with Crippen LogP contribution in [0.25, 0.3) is 0 Å². The molecule has 0 saturated heterocycles. The van der Waals surface area contributed by atoms with Gasteiger partial charge in [0.2, 0.25) is 0 Å². The topological polar surface area (TPSA) is 46.2 Å². The third kappa shape index (κ3) is 4.48. The lowest BCUT2D eigenvalue weighted by atomic mass is 10.0. The van der Waals surface area contributed by atoms with Gasteiger partial charge in [-0.1, -0.05) is 53.5 Å². The van der Waals surface area contributed by atoms with Gasteiger partial charge in [0.15, 0.2) is 0 Å². The molecule has 0 heterocycles. The van der Waals surface area contributed by atoms with E-state index >= 15 is 0 Å². The lowest BCUT2D eigenvalue weighted by Crippen LogP contribution is -2.13. The van der Waals surface area contributed by atoms with Crippen LogP contribution < -0.4 is 4.72 Å². The number of hydrogen-bond acceptors (Lipinski definition) is 2. The van der Waals surface area contributed by atoms with Gasteiger partial charge in [0, 0.05) is 4.47 Å². The quantitative estimate of drug-likeness (QED) is 0.756. The van der Waals surface area contributed by atoms with Gasteiger partial charge in [0.25, 0.3) is 10.0 Å². The second-order valence-corrected chi connectivity index (χ2v) is 8.48. The van der Waals surface area contributed by atoms with Crippen molar-refractivity contribution in [3.05, 3.63) is 57.5 Å². The van der Waals surface area contributed by atoms with Crippen molar-refractivity contribution in [1.82, 2.24) is 0 Å². The normalized spacial score (nSPS) is 11.7. The molecule has 0 unspecified atom stereocenters. The Morgan fingerprint density at radius 3 is 2.32 bits per heavy atom. The first-order valence-electron chi connectivity index (χ1n) is 6.85. The number of nitrogens with one attached hydrogen (secondary N) is 1. The molecule has 0 amide bonds. The smallest absolute Gasteiger partial charge is 0.261 e. The van der Waals surface area contributed by atoms with Gasteiger partial charge in [-0.15, -0.1) is 0 Å². The SMILES string of the molecule is CC(C)Cc1ccc(S(=O)(=O)Nc2ccc(Br)cc2Cl)cc1. The Labute approximate surface area is 144 Å². The van der Waals surface area contributed by atoms with Crippen LogP contribution in [0.15, 0.2) is 51.8 Å². The minimum absolute atomic E-state index is 0.221. The lowest BCUT2D eigenvalue weighted by molar-refractivity contribution is 0.601. The fraction of sp³-hybridized carbons (Fsp3) is 0.250. The Balaban J connectivity index is 2.23. The van der Waals surface area contributed by atoms with Crippen molar-refractivity contribution < 1.29 is 8.42 Å². The van der Waals surface area contributed by atoms with Crippen LogP contribution in [-0.2, 0) is 16.4 Å². The summed E-state index contributed by atoms with van der Waals surface area (Å²) in [5.41, 5.74) is 1.48. The third-order valence-corrected chi connectivity index (χ3v) is 5.24. The summed E-state index contributed by atoms with van der Waals surface area (Å²) in [6.45, 7) is 4.25. The second kappa shape index (κ2) is 7.02. The zero-order valence-electron chi connectivity index (χ0n) is 12.3. The molecule has 0 bridgehead atoms. The Bertz CT molecular complexity index is 758. The van der Waals surface area contributed by atoms with E-state index in [0.29, 0.717) is 16.6 Å². The van der Waals surface area contributed by atoms with Crippen molar-refractivity contribution in [2.75, 3.05) is 4.72 Å². The minimum atomic E-state index is -3.64. The Morgan fingerprint density at radius 2 is 1.77 bits per heavy atom. The van der Waals surface area contributed by atoms with Gasteiger partial charge in [-0.25, -0.2) is 8.42 Å². The Kier molecular flexibility index (Phi) is 5.53. The van der Waals surface area contributed by atoms with Crippen molar-refractivity contribution in [3.63, 3.8) is 0 Å². The van der Waals surface area contributed by atoms with E-state index in [9.17, 15) is 8.42 Å². The molecule has 0 fully saturated rings. The van der Waals surface area contributed by atoms with Crippen molar-refractivity contribution in [2.45, 2.75) is 25.2 Å². The number of anilines is 1. The summed E-state index contributed by atoms with van der Waals surface area (Å²) in [4.78, 5) is 0.221. The molecule has 1 N–H and O–H groups in total. The minimum Gasteiger partial charge on any atom is -0.278 e. The van der Waals surface area contributed by atoms with Crippen molar-refractivity contribution >= 4 is 43.2 Å². The van der Waals surface area contributed by atoms with Gasteiger partial charge in [-0.2, -0.15) is 0 Å². The standard InChI is InChI=1S/C16H17BrClNO2S/c1-11(2)9-12-3-6-14(7-4-12)22(20,21)19-16-8-5-13(17)10-15(16)18/h3-8,10-11,19H,9H2,1-2H3. The average Bonchev–Trinajstić information content (AvgIpc) is 2.42. The first-order valence-corrected chi connectivity index (χ1v) is 9.50. The van der Waals surface area contributed by atoms with Gasteiger partial charge in [0.05, 0.1) is 15.6 Å². The number of benzene rings is 2. The number of halogens is 2. The maximum atomic E-state index is 12.4. The van der Waals surface area contributed by atoms with Gasteiger partial charge in [-0.05, 0) is 48.2 Å². The van der Waals surface area contributed by atoms with Crippen LogP contribution in [0.5, 0.6) is 0 Å². The number of sulfonamides is 1. The Hall–Kier alpha value is -1.04. The van der Waals surface area contributed by atoms with Crippen LogP contribution >= 0.6 is 27.5 Å². The van der Waals surface area contributed by atoms with Crippen molar-refractivity contribution in [3.8, 4) is 0 Å². The lowest BCUT2D eigenvalue weighted by Gasteiger charge is -2.11. The van der Waals surface area contributed by atoms with E-state index in [2.05, 4.69) is 34.5 Å². The van der Waals surface area contributed by atoms with Gasteiger partial charge in [0.1, 0.15) is 0 Å². The zero-order chi connectivity index (χ0) is 16.3. The molecule has 0 atom stereocenters. The molecule has 0 spiro atoms. The molecule has 2 aromatic rings. The third-order valence-electron chi connectivity index (χ3n) is 3.05. The monoisotopic (exact) mass is 401 g/mol. The van der Waals surface area contributed by atoms with Gasteiger partial charge < -0.3 is 0 Å². The van der Waals surface area contributed by atoms with E-state index in [1.54, 1.807) is 30.3 Å². The molecule has 22 heavy (non-hydrogen) atoms. The molecule has 118 valence electrons. The molecule has 0 saturated carbocycles. The van der Waals surface area contributed by atoms with E-state index in [1.165, 1.54) is 0 Å². The average molecular weight is 403 g/mol. The van der Waals surface area contributed by atoms with Crippen LogP contribution in [0.2, 0.25) is 5.02 Å². The molecule has 0 aromatic heterocycles. The maximum absolute atomic E-state index is 12.4. The number of hydrogen-bond donors (Lipinski definition) is 1. The molecule has 0 aliphatic rings. The van der Waals surface area contributed by atoms with Gasteiger partial charge in [-0.3, -0.25) is 4.72 Å². The highest BCUT2D eigenvalue weighted by Crippen LogP contribution is 2.27. The largest absolute Gasteiger partial charge is 0.278 e. The highest BCUT2D eigenvalue weighted by molar-refractivity contribution is 9.10. The summed E-state index contributed by atoms with van der Waals surface area (Å²) >= 11 is 9.34.